The SMILES string of the molecule is CCCCOC1CCCC(C[C@@]2(CCC3CCCCC3)N=C(N)C(CCC)CC2=O)C1. The Kier molecular flexibility index (Phi) is 9.87. The summed E-state index contributed by atoms with van der Waals surface area (Å²) >= 11 is 0. The van der Waals surface area contributed by atoms with Gasteiger partial charge in [0.15, 0.2) is 5.78 Å². The van der Waals surface area contributed by atoms with Crippen LogP contribution in [0.4, 0.5) is 0 Å². The number of rotatable bonds is 11. The molecule has 0 saturated heterocycles. The highest BCUT2D eigenvalue weighted by atomic mass is 16.5. The number of ketones is 1. The zero-order chi connectivity index (χ0) is 22.1. The van der Waals surface area contributed by atoms with Crippen molar-refractivity contribution in [2.24, 2.45) is 28.5 Å². The molecule has 0 bridgehead atoms. The minimum atomic E-state index is -0.554. The summed E-state index contributed by atoms with van der Waals surface area (Å²) in [5.41, 5.74) is 5.94. The molecule has 2 aliphatic carbocycles. The van der Waals surface area contributed by atoms with Crippen LogP contribution in [-0.2, 0) is 9.53 Å². The average molecular weight is 433 g/mol. The molecule has 1 heterocycles. The Morgan fingerprint density at radius 2 is 1.77 bits per heavy atom. The summed E-state index contributed by atoms with van der Waals surface area (Å²) in [5.74, 6) is 2.62. The summed E-state index contributed by atoms with van der Waals surface area (Å²) in [6.07, 6.45) is 19.7. The highest BCUT2D eigenvalue weighted by molar-refractivity contribution is 5.99. The predicted octanol–water partition coefficient (Wildman–Crippen LogP) is 6.60. The molecule has 0 radical (unpaired) electrons. The molecule has 0 aromatic heterocycles. The van der Waals surface area contributed by atoms with Crippen LogP contribution >= 0.6 is 0 Å². The van der Waals surface area contributed by atoms with Gasteiger partial charge in [-0.05, 0) is 56.8 Å². The van der Waals surface area contributed by atoms with E-state index in [0.29, 0.717) is 24.2 Å². The smallest absolute Gasteiger partial charge is 0.161 e. The lowest BCUT2D eigenvalue weighted by Gasteiger charge is -2.40. The molecular weight excluding hydrogens is 384 g/mol. The first kappa shape index (κ1) is 24.7. The Balaban J connectivity index is 1.70. The number of nitrogens with two attached hydrogens (primary N) is 1. The van der Waals surface area contributed by atoms with Gasteiger partial charge in [0.05, 0.1) is 11.9 Å². The minimum absolute atomic E-state index is 0.164. The lowest BCUT2D eigenvalue weighted by Crippen LogP contribution is -2.48. The molecule has 1 aliphatic heterocycles. The molecule has 0 aromatic carbocycles. The third-order valence-corrected chi connectivity index (χ3v) is 8.25. The predicted molar refractivity (Wildman–Crippen MR) is 129 cm³/mol. The molecule has 2 N–H and O–H groups in total. The fraction of sp³-hybridized carbons (Fsp3) is 0.926. The van der Waals surface area contributed by atoms with Gasteiger partial charge in [0.25, 0.3) is 0 Å². The summed E-state index contributed by atoms with van der Waals surface area (Å²) in [6, 6.07) is 0. The number of aliphatic imine (C=N–C) groups is 1. The van der Waals surface area contributed by atoms with Crippen LogP contribution in [-0.4, -0.2) is 29.9 Å². The molecule has 4 atom stereocenters. The molecule has 4 nitrogen and oxygen atoms in total. The van der Waals surface area contributed by atoms with Gasteiger partial charge in [-0.15, -0.1) is 0 Å². The average Bonchev–Trinajstić information content (AvgIpc) is 2.77. The van der Waals surface area contributed by atoms with E-state index in [4.69, 9.17) is 15.5 Å². The number of ether oxygens (including phenoxy) is 1. The first-order valence-electron chi connectivity index (χ1n) is 13.6. The third-order valence-electron chi connectivity index (χ3n) is 8.25. The largest absolute Gasteiger partial charge is 0.387 e. The van der Waals surface area contributed by atoms with Crippen LogP contribution in [0.25, 0.3) is 0 Å². The van der Waals surface area contributed by atoms with Gasteiger partial charge in [-0.25, -0.2) is 0 Å². The van der Waals surface area contributed by atoms with Crippen LogP contribution in [0.15, 0.2) is 4.99 Å². The van der Waals surface area contributed by atoms with Gasteiger partial charge >= 0.3 is 0 Å². The lowest BCUT2D eigenvalue weighted by atomic mass is 9.70. The molecule has 178 valence electrons. The van der Waals surface area contributed by atoms with E-state index in [1.165, 1.54) is 57.8 Å². The maximum absolute atomic E-state index is 13.6. The van der Waals surface area contributed by atoms with Crippen molar-refractivity contribution < 1.29 is 9.53 Å². The Labute approximate surface area is 191 Å². The van der Waals surface area contributed by atoms with Crippen LogP contribution in [0.2, 0.25) is 0 Å². The fourth-order valence-corrected chi connectivity index (χ4v) is 6.34. The molecule has 4 heteroatoms. The van der Waals surface area contributed by atoms with Crippen LogP contribution in [0.3, 0.4) is 0 Å². The van der Waals surface area contributed by atoms with Crippen molar-refractivity contribution in [3.8, 4) is 0 Å². The summed E-state index contributed by atoms with van der Waals surface area (Å²) in [6.45, 7) is 5.26. The Morgan fingerprint density at radius 1 is 1.00 bits per heavy atom. The van der Waals surface area contributed by atoms with E-state index in [-0.39, 0.29) is 5.92 Å². The van der Waals surface area contributed by atoms with E-state index in [1.54, 1.807) is 0 Å². The number of unbranched alkanes of at least 4 members (excludes halogenated alkanes) is 1. The number of carbonyl (C=O) groups is 1. The normalized spacial score (nSPS) is 32.8. The van der Waals surface area contributed by atoms with Crippen molar-refractivity contribution in [1.82, 2.24) is 0 Å². The Bertz CT molecular complexity index is 584. The first-order valence-corrected chi connectivity index (χ1v) is 13.6. The number of Topliss-reactive ketones (excluding diaryl/α,β-unsaturated/α-hetero) is 1. The second-order valence-corrected chi connectivity index (χ2v) is 10.8. The van der Waals surface area contributed by atoms with E-state index in [0.717, 1.165) is 63.3 Å². The number of hydrogen-bond acceptors (Lipinski definition) is 4. The molecule has 3 aliphatic rings. The topological polar surface area (TPSA) is 64.7 Å². The van der Waals surface area contributed by atoms with Crippen molar-refractivity contribution in [3.05, 3.63) is 0 Å². The summed E-state index contributed by atoms with van der Waals surface area (Å²) in [5, 5.41) is 0. The van der Waals surface area contributed by atoms with Gasteiger partial charge in [0, 0.05) is 18.9 Å². The second kappa shape index (κ2) is 12.4. The number of hydrogen-bond donors (Lipinski definition) is 1. The first-order chi connectivity index (χ1) is 15.1. The zero-order valence-corrected chi connectivity index (χ0v) is 20.4. The number of carbonyl (C=O) groups excluding carboxylic acids is 1. The van der Waals surface area contributed by atoms with Crippen LogP contribution in [0, 0.1) is 17.8 Å². The summed E-state index contributed by atoms with van der Waals surface area (Å²) in [7, 11) is 0. The van der Waals surface area contributed by atoms with E-state index in [9.17, 15) is 4.79 Å². The monoisotopic (exact) mass is 432 g/mol. The molecule has 2 fully saturated rings. The summed E-state index contributed by atoms with van der Waals surface area (Å²) in [4.78, 5) is 18.7. The van der Waals surface area contributed by atoms with Crippen LogP contribution in [0.1, 0.15) is 123 Å². The zero-order valence-electron chi connectivity index (χ0n) is 20.4. The van der Waals surface area contributed by atoms with Gasteiger partial charge in [-0.1, -0.05) is 71.6 Å². The van der Waals surface area contributed by atoms with Crippen molar-refractivity contribution >= 4 is 11.6 Å². The third kappa shape index (κ3) is 7.04. The molecule has 2 saturated carbocycles. The Hall–Kier alpha value is -0.900. The quantitative estimate of drug-likeness (QED) is 0.374. The van der Waals surface area contributed by atoms with Gasteiger partial charge in [-0.2, -0.15) is 0 Å². The van der Waals surface area contributed by atoms with Gasteiger partial charge < -0.3 is 10.5 Å². The molecule has 0 aromatic rings. The molecule has 0 amide bonds. The molecule has 31 heavy (non-hydrogen) atoms. The highest BCUT2D eigenvalue weighted by Gasteiger charge is 2.45. The van der Waals surface area contributed by atoms with Gasteiger partial charge in [0.1, 0.15) is 5.54 Å². The van der Waals surface area contributed by atoms with Crippen molar-refractivity contribution in [3.63, 3.8) is 0 Å². The molecule has 3 rings (SSSR count). The highest BCUT2D eigenvalue weighted by Crippen LogP contribution is 2.42. The summed E-state index contributed by atoms with van der Waals surface area (Å²) < 4.78 is 6.18. The molecule has 0 spiro atoms. The fourth-order valence-electron chi connectivity index (χ4n) is 6.34. The maximum Gasteiger partial charge on any atom is 0.161 e. The van der Waals surface area contributed by atoms with Crippen molar-refractivity contribution in [2.45, 2.75) is 135 Å². The minimum Gasteiger partial charge on any atom is -0.387 e. The number of amidine groups is 1. The van der Waals surface area contributed by atoms with E-state index in [2.05, 4.69) is 13.8 Å². The Morgan fingerprint density at radius 3 is 2.52 bits per heavy atom. The molecule has 3 unspecified atom stereocenters. The van der Waals surface area contributed by atoms with E-state index >= 15 is 0 Å². The van der Waals surface area contributed by atoms with Crippen molar-refractivity contribution in [1.29, 1.82) is 0 Å². The van der Waals surface area contributed by atoms with Gasteiger partial charge in [0.2, 0.25) is 0 Å². The van der Waals surface area contributed by atoms with E-state index in [1.807, 2.05) is 0 Å². The second-order valence-electron chi connectivity index (χ2n) is 10.8. The standard InChI is InChI=1S/C27H48N2O2/c1-3-5-17-31-24-14-9-13-22(18-24)20-27(16-15-21-11-7-6-8-12-21)25(30)19-23(10-4-2)26(28)29-27/h21-24H,3-20H2,1-2H3,(H2,28,29)/t22?,23?,24?,27-/m1/s1. The maximum atomic E-state index is 13.6. The lowest BCUT2D eigenvalue weighted by molar-refractivity contribution is -0.126. The number of nitrogens with zero attached hydrogens (tertiary/aromatic N) is 1. The molecular formula is C27H48N2O2. The van der Waals surface area contributed by atoms with E-state index < -0.39 is 5.54 Å². The van der Waals surface area contributed by atoms with Crippen molar-refractivity contribution in [2.75, 3.05) is 6.61 Å². The van der Waals surface area contributed by atoms with Crippen LogP contribution < -0.4 is 5.73 Å². The van der Waals surface area contributed by atoms with Crippen LogP contribution in [0.5, 0.6) is 0 Å². The van der Waals surface area contributed by atoms with Gasteiger partial charge in [-0.3, -0.25) is 9.79 Å².